The highest BCUT2D eigenvalue weighted by molar-refractivity contribution is 5.82. The monoisotopic (exact) mass is 225 g/mol. The molecule has 0 radical (unpaired) electrons. The second-order valence-corrected chi connectivity index (χ2v) is 3.81. The van der Waals surface area contributed by atoms with Gasteiger partial charge < -0.3 is 0 Å². The van der Waals surface area contributed by atoms with Crippen molar-refractivity contribution in [1.29, 1.82) is 0 Å². The van der Waals surface area contributed by atoms with Crippen molar-refractivity contribution in [2.75, 3.05) is 0 Å². The second kappa shape index (κ2) is 4.70. The summed E-state index contributed by atoms with van der Waals surface area (Å²) in [5.74, 6) is 0. The minimum Gasteiger partial charge on any atom is -0.296 e. The van der Waals surface area contributed by atoms with E-state index in [-0.39, 0.29) is 11.4 Å². The lowest BCUT2D eigenvalue weighted by atomic mass is 10.0. The number of pyridine rings is 1. The van der Waals surface area contributed by atoms with E-state index in [4.69, 9.17) is 0 Å². The first kappa shape index (κ1) is 11.2. The van der Waals surface area contributed by atoms with Crippen LogP contribution in [0.1, 0.15) is 26.5 Å². The third kappa shape index (κ3) is 2.45. The van der Waals surface area contributed by atoms with Crippen molar-refractivity contribution in [3.8, 4) is 11.1 Å². The molecule has 84 valence electrons. The molecule has 0 atom stereocenters. The number of carbonyl (C=O) groups excluding carboxylic acids is 2. The zero-order valence-electron chi connectivity index (χ0n) is 9.38. The van der Waals surface area contributed by atoms with Crippen molar-refractivity contribution in [1.82, 2.24) is 4.98 Å². The maximum absolute atomic E-state index is 10.7. The van der Waals surface area contributed by atoms with Gasteiger partial charge in [0.15, 0.2) is 12.6 Å². The van der Waals surface area contributed by atoms with Crippen molar-refractivity contribution in [2.45, 2.75) is 6.92 Å². The number of aromatic nitrogens is 1. The molecule has 0 aliphatic carbocycles. The van der Waals surface area contributed by atoms with E-state index in [0.29, 0.717) is 12.6 Å². The Balaban J connectivity index is 2.58. The SMILES string of the molecule is Cc1cccc(-c2cc(C=O)nc(C=O)c2)c1. The minimum atomic E-state index is 0.270. The number of hydrogen-bond acceptors (Lipinski definition) is 3. The summed E-state index contributed by atoms with van der Waals surface area (Å²) in [4.78, 5) is 25.4. The first-order chi connectivity index (χ1) is 8.22. The predicted molar refractivity (Wildman–Crippen MR) is 65.2 cm³/mol. The molecule has 0 bridgehead atoms. The lowest BCUT2D eigenvalue weighted by Crippen LogP contribution is -1.94. The summed E-state index contributed by atoms with van der Waals surface area (Å²) in [6.45, 7) is 1.99. The van der Waals surface area contributed by atoms with Gasteiger partial charge in [-0.2, -0.15) is 0 Å². The summed E-state index contributed by atoms with van der Waals surface area (Å²) in [5, 5.41) is 0. The Kier molecular flexibility index (Phi) is 3.10. The highest BCUT2D eigenvalue weighted by Crippen LogP contribution is 2.21. The molecule has 1 heterocycles. The number of hydrogen-bond donors (Lipinski definition) is 0. The number of aldehydes is 2. The van der Waals surface area contributed by atoms with Gasteiger partial charge in [0.05, 0.1) is 0 Å². The van der Waals surface area contributed by atoms with Gasteiger partial charge in [-0.3, -0.25) is 9.59 Å². The normalized spacial score (nSPS) is 9.94. The zero-order valence-corrected chi connectivity index (χ0v) is 9.38. The average molecular weight is 225 g/mol. The molecule has 0 N–H and O–H groups in total. The molecule has 2 rings (SSSR count). The van der Waals surface area contributed by atoms with Crippen LogP contribution in [0, 0.1) is 6.92 Å². The Morgan fingerprint density at radius 2 is 1.59 bits per heavy atom. The molecular formula is C14H11NO2. The molecule has 17 heavy (non-hydrogen) atoms. The van der Waals surface area contributed by atoms with Crippen LogP contribution in [0.2, 0.25) is 0 Å². The average Bonchev–Trinajstić information content (AvgIpc) is 2.38. The third-order valence-corrected chi connectivity index (χ3v) is 2.46. The van der Waals surface area contributed by atoms with Crippen LogP contribution in [-0.4, -0.2) is 17.6 Å². The van der Waals surface area contributed by atoms with Gasteiger partial charge >= 0.3 is 0 Å². The summed E-state index contributed by atoms with van der Waals surface area (Å²) in [6.07, 6.45) is 1.29. The van der Waals surface area contributed by atoms with Crippen LogP contribution in [0.15, 0.2) is 36.4 Å². The minimum absolute atomic E-state index is 0.270. The van der Waals surface area contributed by atoms with Gasteiger partial charge in [-0.15, -0.1) is 0 Å². The van der Waals surface area contributed by atoms with E-state index >= 15 is 0 Å². The van der Waals surface area contributed by atoms with E-state index in [9.17, 15) is 9.59 Å². The fourth-order valence-electron chi connectivity index (χ4n) is 1.69. The van der Waals surface area contributed by atoms with E-state index in [1.54, 1.807) is 12.1 Å². The highest BCUT2D eigenvalue weighted by Gasteiger charge is 2.04. The van der Waals surface area contributed by atoms with E-state index in [2.05, 4.69) is 4.98 Å². The van der Waals surface area contributed by atoms with Crippen LogP contribution in [0.5, 0.6) is 0 Å². The molecule has 3 heteroatoms. The van der Waals surface area contributed by atoms with Crippen LogP contribution in [0.4, 0.5) is 0 Å². The van der Waals surface area contributed by atoms with E-state index in [1.165, 1.54) is 0 Å². The molecule has 0 unspecified atom stereocenters. The molecule has 2 aromatic rings. The van der Waals surface area contributed by atoms with E-state index in [0.717, 1.165) is 16.7 Å². The topological polar surface area (TPSA) is 47.0 Å². The fourth-order valence-corrected chi connectivity index (χ4v) is 1.69. The summed E-state index contributed by atoms with van der Waals surface area (Å²) in [5.41, 5.74) is 3.46. The first-order valence-corrected chi connectivity index (χ1v) is 5.22. The van der Waals surface area contributed by atoms with Crippen LogP contribution in [-0.2, 0) is 0 Å². The Morgan fingerprint density at radius 1 is 0.941 bits per heavy atom. The number of aryl methyl sites for hydroxylation is 1. The smallest absolute Gasteiger partial charge is 0.168 e. The molecule has 0 saturated heterocycles. The number of rotatable bonds is 3. The van der Waals surface area contributed by atoms with Gasteiger partial charge in [-0.05, 0) is 30.2 Å². The molecule has 0 aliphatic heterocycles. The van der Waals surface area contributed by atoms with Crippen molar-refractivity contribution in [3.63, 3.8) is 0 Å². The lowest BCUT2D eigenvalue weighted by Gasteiger charge is -2.04. The first-order valence-electron chi connectivity index (χ1n) is 5.22. The molecule has 1 aromatic heterocycles. The number of carbonyl (C=O) groups is 2. The van der Waals surface area contributed by atoms with Crippen LogP contribution >= 0.6 is 0 Å². The van der Waals surface area contributed by atoms with Crippen LogP contribution in [0.25, 0.3) is 11.1 Å². The lowest BCUT2D eigenvalue weighted by molar-refractivity contribution is 0.111. The standard InChI is InChI=1S/C14H11NO2/c1-10-3-2-4-11(5-10)12-6-13(8-16)15-14(7-12)9-17/h2-9H,1H3. The molecule has 0 saturated carbocycles. The summed E-state index contributed by atoms with van der Waals surface area (Å²) >= 11 is 0. The van der Waals surface area contributed by atoms with Crippen LogP contribution in [0.3, 0.4) is 0 Å². The van der Waals surface area contributed by atoms with Gasteiger partial charge in [0.1, 0.15) is 11.4 Å². The van der Waals surface area contributed by atoms with Gasteiger partial charge in [-0.25, -0.2) is 4.98 Å². The highest BCUT2D eigenvalue weighted by atomic mass is 16.1. The molecule has 1 aromatic carbocycles. The van der Waals surface area contributed by atoms with Gasteiger partial charge in [0.2, 0.25) is 0 Å². The molecular weight excluding hydrogens is 214 g/mol. The summed E-state index contributed by atoms with van der Waals surface area (Å²) < 4.78 is 0. The summed E-state index contributed by atoms with van der Waals surface area (Å²) in [7, 11) is 0. The Bertz CT molecular complexity index is 550. The quantitative estimate of drug-likeness (QED) is 0.754. The molecule has 3 nitrogen and oxygen atoms in total. The fraction of sp³-hybridized carbons (Fsp3) is 0.0714. The van der Waals surface area contributed by atoms with Crippen molar-refractivity contribution >= 4 is 12.6 Å². The maximum atomic E-state index is 10.7. The van der Waals surface area contributed by atoms with Gasteiger partial charge in [-0.1, -0.05) is 29.8 Å². The largest absolute Gasteiger partial charge is 0.296 e. The molecule has 0 fully saturated rings. The molecule has 0 amide bonds. The molecule has 0 spiro atoms. The molecule has 0 aliphatic rings. The van der Waals surface area contributed by atoms with E-state index < -0.39 is 0 Å². The Morgan fingerprint density at radius 3 is 2.12 bits per heavy atom. The maximum Gasteiger partial charge on any atom is 0.168 e. The zero-order chi connectivity index (χ0) is 12.3. The number of nitrogens with zero attached hydrogens (tertiary/aromatic N) is 1. The Hall–Kier alpha value is -2.29. The number of benzene rings is 1. The third-order valence-electron chi connectivity index (χ3n) is 2.46. The van der Waals surface area contributed by atoms with Crippen LogP contribution < -0.4 is 0 Å². The van der Waals surface area contributed by atoms with Gasteiger partial charge in [0, 0.05) is 0 Å². The van der Waals surface area contributed by atoms with E-state index in [1.807, 2.05) is 31.2 Å². The predicted octanol–water partition coefficient (Wildman–Crippen LogP) is 2.68. The van der Waals surface area contributed by atoms with Gasteiger partial charge in [0.25, 0.3) is 0 Å². The van der Waals surface area contributed by atoms with Crippen molar-refractivity contribution < 1.29 is 9.59 Å². The Labute approximate surface area is 99.1 Å². The van der Waals surface area contributed by atoms with Crippen molar-refractivity contribution in [3.05, 3.63) is 53.3 Å². The second-order valence-electron chi connectivity index (χ2n) is 3.81. The van der Waals surface area contributed by atoms with Crippen molar-refractivity contribution in [2.24, 2.45) is 0 Å². The summed E-state index contributed by atoms with van der Waals surface area (Å²) in [6, 6.07) is 11.2.